The topological polar surface area (TPSA) is 237 Å². The quantitative estimate of drug-likeness (QED) is 0.0478. The molecule has 0 aromatic carbocycles. The highest BCUT2D eigenvalue weighted by Gasteiger charge is 2.46. The molecule has 8 atom stereocenters. The Balaban J connectivity index is 0.000000700. The average molecular weight is 1010 g/mol. The van der Waals surface area contributed by atoms with Crippen LogP contribution in [0.4, 0.5) is 19.2 Å². The van der Waals surface area contributed by atoms with E-state index in [2.05, 4.69) is 6.58 Å². The summed E-state index contributed by atoms with van der Waals surface area (Å²) in [6.45, 7) is 30.9. The van der Waals surface area contributed by atoms with Crippen molar-refractivity contribution in [2.45, 2.75) is 208 Å². The summed E-state index contributed by atoms with van der Waals surface area (Å²) in [6.07, 6.45) is -2.89. The number of ether oxygens (including phenoxy) is 12. The molecule has 0 saturated carbocycles. The molecule has 404 valence electrons. The van der Waals surface area contributed by atoms with E-state index in [9.17, 15) is 33.6 Å². The monoisotopic (exact) mass is 1000 g/mol. The zero-order chi connectivity index (χ0) is 53.6. The first-order chi connectivity index (χ1) is 32.4. The second-order valence-electron chi connectivity index (χ2n) is 20.6. The van der Waals surface area contributed by atoms with Gasteiger partial charge >= 0.3 is 36.3 Å². The van der Waals surface area contributed by atoms with E-state index in [0.717, 1.165) is 25.7 Å². The van der Waals surface area contributed by atoms with E-state index in [1.54, 1.807) is 103 Å². The Morgan fingerprint density at radius 1 is 0.557 bits per heavy atom. The molecule has 0 aromatic rings. The van der Waals surface area contributed by atoms with Crippen molar-refractivity contribution in [1.82, 2.24) is 9.80 Å². The highest BCUT2D eigenvalue weighted by molar-refractivity contribution is 5.95. The Kier molecular flexibility index (Phi) is 27.1. The number of carbonyl (C=O) groups is 7. The highest BCUT2D eigenvalue weighted by atomic mass is 16.6. The number of rotatable bonds is 16. The third kappa shape index (κ3) is 24.1. The van der Waals surface area contributed by atoms with Crippen molar-refractivity contribution < 1.29 is 90.4 Å². The first-order valence-electron chi connectivity index (χ1n) is 24.0. The number of aldehydes is 1. The van der Waals surface area contributed by atoms with Crippen LogP contribution < -0.4 is 0 Å². The largest absolute Gasteiger partial charge is 0.458 e. The number of amides is 4. The van der Waals surface area contributed by atoms with Crippen molar-refractivity contribution in [3.05, 3.63) is 12.7 Å². The van der Waals surface area contributed by atoms with Gasteiger partial charge in [0, 0.05) is 13.2 Å². The molecule has 2 aliphatic rings. The van der Waals surface area contributed by atoms with E-state index in [4.69, 9.17) is 56.8 Å². The third-order valence-corrected chi connectivity index (χ3v) is 9.33. The average Bonchev–Trinajstić information content (AvgIpc) is 3.28. The molecule has 2 aliphatic heterocycles. The Hall–Kier alpha value is -4.41. The Morgan fingerprint density at radius 2 is 0.871 bits per heavy atom. The summed E-state index contributed by atoms with van der Waals surface area (Å²) in [4.78, 5) is 90.5. The molecule has 0 unspecified atom stereocenters. The minimum atomic E-state index is -1.48. The van der Waals surface area contributed by atoms with Crippen LogP contribution in [0.1, 0.15) is 136 Å². The summed E-state index contributed by atoms with van der Waals surface area (Å²) in [5.74, 6) is -1.77. The molecule has 21 nitrogen and oxygen atoms in total. The van der Waals surface area contributed by atoms with E-state index in [-0.39, 0.29) is 39.6 Å². The summed E-state index contributed by atoms with van der Waals surface area (Å²) in [7, 11) is 0. The summed E-state index contributed by atoms with van der Waals surface area (Å²) < 4.78 is 67.6. The van der Waals surface area contributed by atoms with Crippen LogP contribution in [0.3, 0.4) is 0 Å². The lowest BCUT2D eigenvalue weighted by Gasteiger charge is -2.32. The Morgan fingerprint density at radius 3 is 1.14 bits per heavy atom. The van der Waals surface area contributed by atoms with Gasteiger partial charge in [0.15, 0.2) is 12.1 Å². The number of cyclic esters (lactones) is 2. The highest BCUT2D eigenvalue weighted by Crippen LogP contribution is 2.24. The molecule has 0 aliphatic carbocycles. The van der Waals surface area contributed by atoms with Gasteiger partial charge in [-0.15, -0.1) is 6.58 Å². The number of hydrogen-bond donors (Lipinski definition) is 0. The van der Waals surface area contributed by atoms with Crippen LogP contribution >= 0.6 is 0 Å². The van der Waals surface area contributed by atoms with Gasteiger partial charge in [-0.1, -0.05) is 32.8 Å². The maximum atomic E-state index is 13.2. The van der Waals surface area contributed by atoms with Gasteiger partial charge in [-0.2, -0.15) is 9.80 Å². The number of carbonyl (C=O) groups excluding carboxylic acids is 7. The number of hydrogen-bond acceptors (Lipinski definition) is 19. The molecular weight excluding hydrogens is 921 g/mol. The molecule has 2 saturated heterocycles. The van der Waals surface area contributed by atoms with Crippen molar-refractivity contribution in [2.24, 2.45) is 0 Å². The fraction of sp³-hybridized carbons (Fsp3) is 0.816. The van der Waals surface area contributed by atoms with Crippen LogP contribution in [0.25, 0.3) is 0 Å². The van der Waals surface area contributed by atoms with Gasteiger partial charge in [0.05, 0.1) is 33.0 Å². The molecule has 4 amide bonds. The van der Waals surface area contributed by atoms with Gasteiger partial charge in [-0.25, -0.2) is 28.8 Å². The van der Waals surface area contributed by atoms with Crippen molar-refractivity contribution in [3.8, 4) is 0 Å². The fourth-order valence-corrected chi connectivity index (χ4v) is 6.30. The number of imide groups is 2. The van der Waals surface area contributed by atoms with Gasteiger partial charge in [0.1, 0.15) is 71.9 Å². The number of unbranched alkanes of at least 4 members (excludes halogenated alkanes) is 2. The predicted octanol–water partition coefficient (Wildman–Crippen LogP) is 7.50. The van der Waals surface area contributed by atoms with Gasteiger partial charge in [0.2, 0.25) is 0 Å². The van der Waals surface area contributed by atoms with Crippen LogP contribution in [-0.2, 0) is 71.2 Å². The lowest BCUT2D eigenvalue weighted by molar-refractivity contribution is -0.170. The zero-order valence-corrected chi connectivity index (χ0v) is 44.6. The van der Waals surface area contributed by atoms with Gasteiger partial charge in [-0.05, 0) is 110 Å². The maximum Gasteiger partial charge on any atom is 0.420 e. The summed E-state index contributed by atoms with van der Waals surface area (Å²) in [5, 5.41) is 0. The number of nitrogens with zero attached hydrogens (tertiary/aromatic N) is 2. The SMILES string of the molecule is C=CCO[C@H]1[C@H](C)OC(=O)[C@@H](N(C(=O)OC(C)(C)C)C(=O)OC(C)(C)C)COC[C@@H]1OCCCC.CCCCO[C@H]1COC[C@H](N(C(=O)OC(C)(C)C)C(=O)OC(C)(C)C)C(=O)O[C@@H](C)[C@@H]1OCC=O. The van der Waals surface area contributed by atoms with Crippen molar-refractivity contribution >= 4 is 42.6 Å². The molecule has 0 N–H and O–H groups in total. The summed E-state index contributed by atoms with van der Waals surface area (Å²) >= 11 is 0. The second kappa shape index (κ2) is 29.8. The summed E-state index contributed by atoms with van der Waals surface area (Å²) in [6, 6.07) is -2.92. The molecule has 21 heteroatoms. The lowest BCUT2D eigenvalue weighted by atomic mass is 10.1. The minimum Gasteiger partial charge on any atom is -0.458 e. The van der Waals surface area contributed by atoms with E-state index >= 15 is 0 Å². The standard InChI is InChI=1S/C25H43NO9.C24H41NO10/c1-10-12-14-31-19-16-30-15-18(21(27)33-17(3)20(19)32-13-11-2)26(22(28)34-24(4,5)6)23(29)35-25(7,8)9;1-9-10-12-31-18-15-30-14-17(20(27)33-16(2)19(18)32-13-11-26)25(21(28)34-23(3,4)5)22(29)35-24(6,7)8/h11,17-20H,2,10,12-16H2,1,3-9H3;11,16-19H,9-10,12-15H2,1-8H3/t17-,18-,19-,20-;16-,17-,18-,19-/m00/s1. The molecule has 2 fully saturated rings. The fourth-order valence-electron chi connectivity index (χ4n) is 6.30. The third-order valence-electron chi connectivity index (χ3n) is 9.33. The Bertz CT molecular complexity index is 1490. The van der Waals surface area contributed by atoms with Crippen molar-refractivity contribution in [1.29, 1.82) is 0 Å². The molecular formula is C49H84N2O19. The lowest BCUT2D eigenvalue weighted by Crippen LogP contribution is -2.54. The summed E-state index contributed by atoms with van der Waals surface area (Å²) in [5.41, 5.74) is -3.73. The van der Waals surface area contributed by atoms with Crippen LogP contribution in [-0.4, -0.2) is 176 Å². The normalized spacial score (nSPS) is 23.8. The molecule has 0 radical (unpaired) electrons. The van der Waals surface area contributed by atoms with E-state index in [1.165, 1.54) is 0 Å². The molecule has 0 aromatic heterocycles. The van der Waals surface area contributed by atoms with Gasteiger partial charge < -0.3 is 61.6 Å². The van der Waals surface area contributed by atoms with E-state index in [0.29, 0.717) is 29.3 Å². The second-order valence-corrected chi connectivity index (χ2v) is 20.6. The van der Waals surface area contributed by atoms with Crippen LogP contribution in [0.15, 0.2) is 12.7 Å². The minimum absolute atomic E-state index is 0.0266. The molecule has 2 rings (SSSR count). The smallest absolute Gasteiger partial charge is 0.420 e. The zero-order valence-electron chi connectivity index (χ0n) is 44.6. The van der Waals surface area contributed by atoms with Crippen LogP contribution in [0, 0.1) is 0 Å². The first kappa shape index (κ1) is 63.6. The Labute approximate surface area is 415 Å². The number of esters is 2. The van der Waals surface area contributed by atoms with Crippen LogP contribution in [0.5, 0.6) is 0 Å². The van der Waals surface area contributed by atoms with Crippen LogP contribution in [0.2, 0.25) is 0 Å². The molecule has 0 spiro atoms. The van der Waals surface area contributed by atoms with Gasteiger partial charge in [0.25, 0.3) is 0 Å². The molecule has 70 heavy (non-hydrogen) atoms. The maximum absolute atomic E-state index is 13.2. The van der Waals surface area contributed by atoms with E-state index < -0.39 is 107 Å². The molecule has 2 heterocycles. The molecule has 0 bridgehead atoms. The van der Waals surface area contributed by atoms with Crippen molar-refractivity contribution in [3.63, 3.8) is 0 Å². The van der Waals surface area contributed by atoms with Crippen molar-refractivity contribution in [2.75, 3.05) is 52.9 Å². The first-order valence-corrected chi connectivity index (χ1v) is 24.0. The van der Waals surface area contributed by atoms with E-state index in [1.807, 2.05) is 13.8 Å². The predicted molar refractivity (Wildman–Crippen MR) is 254 cm³/mol. The van der Waals surface area contributed by atoms with Gasteiger partial charge in [-0.3, -0.25) is 0 Å².